The van der Waals surface area contributed by atoms with E-state index in [-0.39, 0.29) is 24.9 Å². The Bertz CT molecular complexity index is 1830. The van der Waals surface area contributed by atoms with Crippen LogP contribution in [0.5, 0.6) is 0 Å². The lowest BCUT2D eigenvalue weighted by Gasteiger charge is -2.19. The molecular weight excluding hydrogens is 609 g/mol. The third kappa shape index (κ3) is 7.02. The second-order valence-electron chi connectivity index (χ2n) is 11.5. The number of hydrogen-bond donors (Lipinski definition) is 3. The Balaban J connectivity index is 0.000000178. The molecule has 8 nitrogen and oxygen atoms in total. The maximum atomic E-state index is 12.2. The van der Waals surface area contributed by atoms with Gasteiger partial charge in [0.05, 0.1) is 16.9 Å². The van der Waals surface area contributed by atoms with Gasteiger partial charge in [-0.2, -0.15) is 0 Å². The van der Waals surface area contributed by atoms with E-state index in [0.29, 0.717) is 9.75 Å². The SMILES string of the molecule is COC(=O)CNC(=O)c1cc2c(s1)-c1cc(C)cc(C)c1CC2.Cc1cc(C)c2c(c1)-c1sc(C(=O)NCC(=O)O)cc1CC2. The Kier molecular flexibility index (Phi) is 9.55. The lowest BCUT2D eigenvalue weighted by Crippen LogP contribution is -2.29. The molecule has 0 atom stereocenters. The van der Waals surface area contributed by atoms with Crippen LogP contribution in [-0.4, -0.2) is 49.1 Å². The summed E-state index contributed by atoms with van der Waals surface area (Å²) in [6.07, 6.45) is 3.87. The van der Waals surface area contributed by atoms with Crippen LogP contribution in [0.3, 0.4) is 0 Å². The highest BCUT2D eigenvalue weighted by Crippen LogP contribution is 2.42. The molecule has 4 aromatic rings. The predicted octanol–water partition coefficient (Wildman–Crippen LogP) is 5.98. The van der Waals surface area contributed by atoms with E-state index in [1.807, 2.05) is 12.1 Å². The van der Waals surface area contributed by atoms with Crippen LogP contribution < -0.4 is 10.6 Å². The minimum Gasteiger partial charge on any atom is -0.480 e. The van der Waals surface area contributed by atoms with Gasteiger partial charge in [0.15, 0.2) is 0 Å². The number of rotatable bonds is 6. The van der Waals surface area contributed by atoms with E-state index in [1.54, 1.807) is 0 Å². The number of carbonyl (C=O) groups is 4. The number of aryl methyl sites for hydroxylation is 6. The lowest BCUT2D eigenvalue weighted by atomic mass is 9.87. The van der Waals surface area contributed by atoms with E-state index in [0.717, 1.165) is 30.6 Å². The van der Waals surface area contributed by atoms with Gasteiger partial charge in [0.1, 0.15) is 13.1 Å². The number of ether oxygens (including phenoxy) is 1. The van der Waals surface area contributed by atoms with Gasteiger partial charge in [0.25, 0.3) is 11.8 Å². The Labute approximate surface area is 270 Å². The fraction of sp³-hybridized carbons (Fsp3) is 0.314. The first-order chi connectivity index (χ1) is 21.4. The van der Waals surface area contributed by atoms with Crippen molar-refractivity contribution in [2.45, 2.75) is 53.4 Å². The summed E-state index contributed by atoms with van der Waals surface area (Å²) < 4.78 is 4.54. The van der Waals surface area contributed by atoms with Gasteiger partial charge in [-0.15, -0.1) is 22.7 Å². The van der Waals surface area contributed by atoms with Crippen LogP contribution in [0, 0.1) is 27.7 Å². The van der Waals surface area contributed by atoms with Crippen LogP contribution in [0.25, 0.3) is 20.9 Å². The van der Waals surface area contributed by atoms with Gasteiger partial charge >= 0.3 is 11.9 Å². The van der Waals surface area contributed by atoms with E-state index in [9.17, 15) is 19.2 Å². The van der Waals surface area contributed by atoms with E-state index in [1.165, 1.54) is 90.3 Å². The number of esters is 1. The normalized spacial score (nSPS) is 12.4. The molecule has 2 aromatic carbocycles. The molecule has 0 saturated carbocycles. The molecule has 0 bridgehead atoms. The van der Waals surface area contributed by atoms with Crippen molar-refractivity contribution in [1.29, 1.82) is 0 Å². The van der Waals surface area contributed by atoms with Crippen molar-refractivity contribution >= 4 is 46.4 Å². The maximum absolute atomic E-state index is 12.2. The summed E-state index contributed by atoms with van der Waals surface area (Å²) in [7, 11) is 1.31. The first kappa shape index (κ1) is 32.1. The number of benzene rings is 2. The molecule has 45 heavy (non-hydrogen) atoms. The van der Waals surface area contributed by atoms with Gasteiger partial charge in [0, 0.05) is 9.75 Å². The Morgan fingerprint density at radius 2 is 1.13 bits per heavy atom. The predicted molar refractivity (Wildman–Crippen MR) is 178 cm³/mol. The fourth-order valence-electron chi connectivity index (χ4n) is 6.05. The third-order valence-corrected chi connectivity index (χ3v) is 10.5. The third-order valence-electron chi connectivity index (χ3n) is 8.10. The minimum absolute atomic E-state index is 0.104. The molecule has 234 valence electrons. The molecule has 3 N–H and O–H groups in total. The molecule has 0 aliphatic heterocycles. The molecule has 2 aromatic heterocycles. The molecule has 2 aliphatic rings. The van der Waals surface area contributed by atoms with E-state index in [4.69, 9.17) is 5.11 Å². The number of hydrogen-bond acceptors (Lipinski definition) is 7. The van der Waals surface area contributed by atoms with Crippen molar-refractivity contribution in [3.8, 4) is 20.9 Å². The minimum atomic E-state index is -1.04. The highest BCUT2D eigenvalue weighted by molar-refractivity contribution is 7.18. The monoisotopic (exact) mass is 644 g/mol. The van der Waals surface area contributed by atoms with Crippen LogP contribution in [0.2, 0.25) is 0 Å². The second-order valence-corrected chi connectivity index (χ2v) is 13.6. The Morgan fingerprint density at radius 1 is 0.689 bits per heavy atom. The molecule has 2 heterocycles. The summed E-state index contributed by atoms with van der Waals surface area (Å²) in [5.41, 5.74) is 12.7. The standard InChI is InChI=1S/C18H19NO3S.C17H17NO3S/c1-10-6-11(2)13-5-4-12-8-15(23-17(12)14(13)7-10)18(21)19-9-16(20)22-3;1-9-5-10(2)12-4-3-11-7-14(17(21)18-8-15(19)20)22-16(11)13(12)6-9/h6-8H,4-5,9H2,1-3H3,(H,19,21);5-7H,3-4,8H2,1-2H3,(H,18,21)(H,19,20). The van der Waals surface area contributed by atoms with Crippen molar-refractivity contribution in [2.75, 3.05) is 20.2 Å². The summed E-state index contributed by atoms with van der Waals surface area (Å²) in [5, 5.41) is 13.7. The fourth-order valence-corrected chi connectivity index (χ4v) is 8.39. The molecule has 0 radical (unpaired) electrons. The smallest absolute Gasteiger partial charge is 0.325 e. The molecule has 2 aliphatic carbocycles. The number of nitrogens with one attached hydrogen (secondary N) is 2. The average molecular weight is 645 g/mol. The van der Waals surface area contributed by atoms with Crippen LogP contribution in [0.15, 0.2) is 36.4 Å². The van der Waals surface area contributed by atoms with E-state index >= 15 is 0 Å². The van der Waals surface area contributed by atoms with Crippen molar-refractivity contribution in [3.05, 3.63) is 90.7 Å². The Hall–Kier alpha value is -4.28. The average Bonchev–Trinajstić information content (AvgIpc) is 3.64. The summed E-state index contributed by atoms with van der Waals surface area (Å²) in [5.74, 6) is -2.02. The first-order valence-electron chi connectivity index (χ1n) is 14.8. The molecule has 0 spiro atoms. The zero-order valence-electron chi connectivity index (χ0n) is 26.0. The van der Waals surface area contributed by atoms with Crippen LogP contribution >= 0.6 is 22.7 Å². The lowest BCUT2D eigenvalue weighted by molar-refractivity contribution is -0.139. The van der Waals surface area contributed by atoms with Gasteiger partial charge in [-0.3, -0.25) is 19.2 Å². The number of methoxy groups -OCH3 is 1. The van der Waals surface area contributed by atoms with Gasteiger partial charge < -0.3 is 20.5 Å². The second kappa shape index (κ2) is 13.4. The van der Waals surface area contributed by atoms with Crippen LogP contribution in [-0.2, 0) is 40.0 Å². The maximum Gasteiger partial charge on any atom is 0.325 e. The number of carboxylic acid groups (broad SMARTS) is 1. The largest absolute Gasteiger partial charge is 0.480 e. The van der Waals surface area contributed by atoms with Gasteiger partial charge in [-0.1, -0.05) is 35.4 Å². The van der Waals surface area contributed by atoms with E-state index in [2.05, 4.69) is 67.3 Å². The number of fused-ring (bicyclic) bond motifs is 6. The van der Waals surface area contributed by atoms with Crippen molar-refractivity contribution in [1.82, 2.24) is 10.6 Å². The summed E-state index contributed by atoms with van der Waals surface area (Å²) >= 11 is 2.95. The number of carbonyl (C=O) groups excluding carboxylic acids is 3. The number of thiophene rings is 2. The molecule has 2 amide bonds. The van der Waals surface area contributed by atoms with Crippen LogP contribution in [0.1, 0.15) is 63.9 Å². The highest BCUT2D eigenvalue weighted by Gasteiger charge is 2.24. The summed E-state index contributed by atoms with van der Waals surface area (Å²) in [4.78, 5) is 49.5. The Morgan fingerprint density at radius 3 is 1.56 bits per heavy atom. The number of carboxylic acids is 1. The first-order valence-corrected chi connectivity index (χ1v) is 16.4. The van der Waals surface area contributed by atoms with Crippen molar-refractivity contribution < 1.29 is 29.0 Å². The topological polar surface area (TPSA) is 122 Å². The van der Waals surface area contributed by atoms with Gasteiger partial charge in [-0.05, 0) is 110 Å². The zero-order valence-corrected chi connectivity index (χ0v) is 27.6. The summed E-state index contributed by atoms with van der Waals surface area (Å²) in [6, 6.07) is 12.6. The summed E-state index contributed by atoms with van der Waals surface area (Å²) in [6.45, 7) is 8.00. The van der Waals surface area contributed by atoms with Gasteiger partial charge in [0.2, 0.25) is 0 Å². The van der Waals surface area contributed by atoms with E-state index < -0.39 is 11.9 Å². The van der Waals surface area contributed by atoms with Gasteiger partial charge in [-0.25, -0.2) is 0 Å². The van der Waals surface area contributed by atoms with Crippen molar-refractivity contribution in [2.24, 2.45) is 0 Å². The number of amides is 2. The van der Waals surface area contributed by atoms with Crippen molar-refractivity contribution in [3.63, 3.8) is 0 Å². The molecule has 0 saturated heterocycles. The molecule has 0 unspecified atom stereocenters. The molecule has 10 heteroatoms. The van der Waals surface area contributed by atoms with Crippen LogP contribution in [0.4, 0.5) is 0 Å². The molecular formula is C35H36N2O6S2. The molecule has 0 fully saturated rings. The quantitative estimate of drug-likeness (QED) is 0.222. The zero-order chi connectivity index (χ0) is 32.4. The number of aliphatic carboxylic acids is 1. The highest BCUT2D eigenvalue weighted by atomic mass is 32.1. The molecule has 6 rings (SSSR count).